The maximum Gasteiger partial charge on any atom is 0.339 e. The number of methoxy groups -OCH3 is 1. The highest BCUT2D eigenvalue weighted by Crippen LogP contribution is 2.34. The summed E-state index contributed by atoms with van der Waals surface area (Å²) in [5.74, 6) is -0.0325. The second-order valence-corrected chi connectivity index (χ2v) is 11.9. The zero-order chi connectivity index (χ0) is 34.1. The Bertz CT molecular complexity index is 1740. The molecule has 244 valence electrons. The lowest BCUT2D eigenvalue weighted by atomic mass is 9.86. The molecule has 4 rings (SSSR count). The first kappa shape index (κ1) is 34.4. The number of amidine groups is 2. The second-order valence-electron chi connectivity index (χ2n) is 11.9. The highest BCUT2D eigenvalue weighted by Gasteiger charge is 2.25. The molecular weight excluding hydrogens is 592 g/mol. The summed E-state index contributed by atoms with van der Waals surface area (Å²) in [6.07, 6.45) is 0.843. The molecule has 1 aromatic heterocycles. The molecule has 0 fully saturated rings. The highest BCUT2D eigenvalue weighted by atomic mass is 16.5. The topological polar surface area (TPSA) is 154 Å². The molecule has 1 atom stereocenters. The fourth-order valence-electron chi connectivity index (χ4n) is 5.24. The van der Waals surface area contributed by atoms with Gasteiger partial charge in [0.2, 0.25) is 5.88 Å². The average molecular weight is 635 g/mol. The Balaban J connectivity index is 1.80. The van der Waals surface area contributed by atoms with Crippen LogP contribution in [0.4, 0.5) is 5.69 Å². The van der Waals surface area contributed by atoms with E-state index in [0.717, 1.165) is 17.5 Å². The summed E-state index contributed by atoms with van der Waals surface area (Å²) in [5.41, 5.74) is 9.63. The summed E-state index contributed by atoms with van der Waals surface area (Å²) < 4.78 is 11.2. The minimum atomic E-state index is -0.535. The van der Waals surface area contributed by atoms with Crippen LogP contribution in [0.25, 0.3) is 11.1 Å². The SMILES string of the molecule is COc1ccc(-c2ccc([C@H](CC(C)C)CN(C)C(C)=N)cc2C(=O)OCc2ccccc2)c(C(=O)Nc2ccc(C(=N)N)cc2)n1. The number of benzene rings is 3. The van der Waals surface area contributed by atoms with Crippen molar-refractivity contribution in [2.75, 3.05) is 26.0 Å². The lowest BCUT2D eigenvalue weighted by molar-refractivity contribution is 0.0473. The van der Waals surface area contributed by atoms with Crippen LogP contribution in [0.5, 0.6) is 5.88 Å². The van der Waals surface area contributed by atoms with Crippen LogP contribution in [0.15, 0.2) is 84.9 Å². The third-order valence-electron chi connectivity index (χ3n) is 7.81. The van der Waals surface area contributed by atoms with Crippen molar-refractivity contribution < 1.29 is 19.1 Å². The Morgan fingerprint density at radius 3 is 2.26 bits per heavy atom. The fraction of sp³-hybridized carbons (Fsp3) is 0.270. The van der Waals surface area contributed by atoms with Gasteiger partial charge in [0.15, 0.2) is 0 Å². The van der Waals surface area contributed by atoms with Crippen LogP contribution in [0.2, 0.25) is 0 Å². The van der Waals surface area contributed by atoms with Gasteiger partial charge in [0.05, 0.1) is 18.5 Å². The molecule has 0 aliphatic rings. The van der Waals surface area contributed by atoms with E-state index in [1.807, 2.05) is 60.5 Å². The van der Waals surface area contributed by atoms with E-state index in [2.05, 4.69) is 24.1 Å². The number of pyridine rings is 1. The van der Waals surface area contributed by atoms with Crippen molar-refractivity contribution in [3.8, 4) is 17.0 Å². The first-order valence-corrected chi connectivity index (χ1v) is 15.4. The summed E-state index contributed by atoms with van der Waals surface area (Å²) >= 11 is 0. The van der Waals surface area contributed by atoms with E-state index in [1.165, 1.54) is 7.11 Å². The predicted octanol–water partition coefficient (Wildman–Crippen LogP) is 6.71. The van der Waals surface area contributed by atoms with Gasteiger partial charge in [0, 0.05) is 42.4 Å². The lowest BCUT2D eigenvalue weighted by Crippen LogP contribution is -2.29. The third kappa shape index (κ3) is 9.03. The van der Waals surface area contributed by atoms with Crippen LogP contribution in [0.3, 0.4) is 0 Å². The minimum Gasteiger partial charge on any atom is -0.481 e. The summed E-state index contributed by atoms with van der Waals surface area (Å²) in [5, 5.41) is 18.6. The molecule has 10 heteroatoms. The quantitative estimate of drug-likeness (QED) is 0.0724. The Morgan fingerprint density at radius 2 is 1.64 bits per heavy atom. The number of carbonyl (C=O) groups is 2. The smallest absolute Gasteiger partial charge is 0.339 e. The first-order valence-electron chi connectivity index (χ1n) is 15.4. The molecule has 0 bridgehead atoms. The molecule has 3 aromatic carbocycles. The van der Waals surface area contributed by atoms with Crippen molar-refractivity contribution in [1.29, 1.82) is 10.8 Å². The van der Waals surface area contributed by atoms with Gasteiger partial charge in [-0.15, -0.1) is 0 Å². The van der Waals surface area contributed by atoms with Crippen LogP contribution >= 0.6 is 0 Å². The van der Waals surface area contributed by atoms with Crippen molar-refractivity contribution in [3.63, 3.8) is 0 Å². The molecule has 0 aliphatic carbocycles. The van der Waals surface area contributed by atoms with Gasteiger partial charge >= 0.3 is 5.97 Å². The van der Waals surface area contributed by atoms with Crippen LogP contribution in [-0.4, -0.2) is 54.1 Å². The van der Waals surface area contributed by atoms with E-state index in [0.29, 0.717) is 46.2 Å². The number of rotatable bonds is 13. The molecule has 1 amide bonds. The Hall–Kier alpha value is -5.51. The van der Waals surface area contributed by atoms with E-state index >= 15 is 0 Å². The lowest BCUT2D eigenvalue weighted by Gasteiger charge is -2.27. The molecule has 4 aromatic rings. The molecule has 47 heavy (non-hydrogen) atoms. The molecule has 0 radical (unpaired) electrons. The number of hydrogen-bond acceptors (Lipinski definition) is 7. The molecule has 0 aliphatic heterocycles. The van der Waals surface area contributed by atoms with Crippen molar-refractivity contribution in [2.24, 2.45) is 11.7 Å². The molecule has 0 spiro atoms. The minimum absolute atomic E-state index is 0.0322. The predicted molar refractivity (Wildman–Crippen MR) is 185 cm³/mol. The number of nitrogens with one attached hydrogen (secondary N) is 3. The largest absolute Gasteiger partial charge is 0.481 e. The van der Waals surface area contributed by atoms with Crippen molar-refractivity contribution in [3.05, 3.63) is 113 Å². The van der Waals surface area contributed by atoms with E-state index < -0.39 is 11.9 Å². The van der Waals surface area contributed by atoms with Crippen molar-refractivity contribution in [2.45, 2.75) is 39.7 Å². The van der Waals surface area contributed by atoms with Crippen molar-refractivity contribution in [1.82, 2.24) is 9.88 Å². The molecule has 0 unspecified atom stereocenters. The molecule has 1 heterocycles. The number of carbonyl (C=O) groups excluding carboxylic acids is 2. The number of nitrogens with zero attached hydrogens (tertiary/aromatic N) is 2. The molecule has 10 nitrogen and oxygen atoms in total. The third-order valence-corrected chi connectivity index (χ3v) is 7.81. The van der Waals surface area contributed by atoms with Gasteiger partial charge in [-0.25, -0.2) is 9.78 Å². The Morgan fingerprint density at radius 1 is 0.957 bits per heavy atom. The second kappa shape index (κ2) is 15.7. The standard InChI is InChI=1S/C37H42N6O4/c1-23(2)19-28(21-43(4)24(3)38)27-13-16-30(32(20-27)37(45)47-22-25-9-7-6-8-10-25)31-17-18-33(46-5)42-34(31)36(44)41-29-14-11-26(12-15-29)35(39)40/h6-18,20,23,28,38H,19,21-22H2,1-5H3,(H3,39,40)(H,41,44)/t28-/m1/s1. The van der Waals surface area contributed by atoms with E-state index in [9.17, 15) is 9.59 Å². The number of hydrogen-bond donors (Lipinski definition) is 4. The summed E-state index contributed by atoms with van der Waals surface area (Å²) in [6.45, 7) is 6.73. The molecule has 5 N–H and O–H groups in total. The zero-order valence-electron chi connectivity index (χ0n) is 27.5. The van der Waals surface area contributed by atoms with Crippen molar-refractivity contribution >= 4 is 29.2 Å². The Labute approximate surface area is 276 Å². The highest BCUT2D eigenvalue weighted by molar-refractivity contribution is 6.09. The molecule has 0 saturated carbocycles. The van der Waals surface area contributed by atoms with Gasteiger partial charge < -0.3 is 25.4 Å². The van der Waals surface area contributed by atoms with Crippen LogP contribution in [-0.2, 0) is 11.3 Å². The summed E-state index contributed by atoms with van der Waals surface area (Å²) in [4.78, 5) is 34.0. The maximum atomic E-state index is 13.9. The normalized spacial score (nSPS) is 11.4. The van der Waals surface area contributed by atoms with Gasteiger partial charge in [-0.3, -0.25) is 15.6 Å². The van der Waals surface area contributed by atoms with E-state index in [-0.39, 0.29) is 29.9 Å². The first-order chi connectivity index (χ1) is 22.5. The number of aromatic nitrogens is 1. The zero-order valence-corrected chi connectivity index (χ0v) is 27.5. The number of anilines is 1. The Kier molecular flexibility index (Phi) is 11.5. The summed E-state index contributed by atoms with van der Waals surface area (Å²) in [7, 11) is 3.36. The number of esters is 1. The number of ether oxygens (including phenoxy) is 2. The van der Waals surface area contributed by atoms with Crippen LogP contribution in [0.1, 0.15) is 70.6 Å². The number of nitrogen functional groups attached to an aromatic ring is 1. The van der Waals surface area contributed by atoms with E-state index in [4.69, 9.17) is 26.0 Å². The number of amides is 1. The van der Waals surface area contributed by atoms with Crippen LogP contribution < -0.4 is 15.8 Å². The molecule has 0 saturated heterocycles. The fourth-order valence-corrected chi connectivity index (χ4v) is 5.24. The number of nitrogens with two attached hydrogens (primary N) is 1. The van der Waals surface area contributed by atoms with Gasteiger partial charge in [-0.2, -0.15) is 0 Å². The van der Waals surface area contributed by atoms with Gasteiger partial charge in [-0.1, -0.05) is 56.3 Å². The maximum absolute atomic E-state index is 13.9. The van der Waals surface area contributed by atoms with Gasteiger partial charge in [0.25, 0.3) is 5.91 Å². The number of likely N-dealkylation sites (N-methyl/N-ethyl adjacent to an activating group) is 1. The van der Waals surface area contributed by atoms with Crippen LogP contribution in [0, 0.1) is 16.7 Å². The van der Waals surface area contributed by atoms with E-state index in [1.54, 1.807) is 43.3 Å². The molecular formula is C37H42N6O4. The van der Waals surface area contributed by atoms with Gasteiger partial charge in [-0.05, 0) is 72.4 Å². The van der Waals surface area contributed by atoms with Gasteiger partial charge in [0.1, 0.15) is 18.1 Å². The monoisotopic (exact) mass is 634 g/mol. The average Bonchev–Trinajstić information content (AvgIpc) is 3.06. The summed E-state index contributed by atoms with van der Waals surface area (Å²) in [6, 6.07) is 25.0.